The molecule has 0 aliphatic carbocycles. The minimum atomic E-state index is 0.359. The molecule has 0 atom stereocenters. The summed E-state index contributed by atoms with van der Waals surface area (Å²) in [4.78, 5) is 4.09. The molecule has 3 rings (SSSR count). The Bertz CT molecular complexity index is 914. The summed E-state index contributed by atoms with van der Waals surface area (Å²) in [5, 5.41) is 7.21. The second kappa shape index (κ2) is 8.55. The van der Waals surface area contributed by atoms with E-state index < -0.39 is 0 Å². The normalized spacial score (nSPS) is 10.8. The van der Waals surface area contributed by atoms with Gasteiger partial charge in [0.25, 0.3) is 0 Å². The Balaban J connectivity index is 1.76. The van der Waals surface area contributed by atoms with Crippen molar-refractivity contribution >= 4 is 40.1 Å². The standard InChI is InChI=1S/C18H17ClN4O2S/c1-24-15-7-3-5-13(9-21-23-18-22-16(20)11-26-18)17(15)25-10-12-4-2-6-14(19)8-12/h2-9,11H,10,20H2,1H3,(H,22,23). The molecule has 0 aliphatic rings. The number of aromatic nitrogens is 1. The highest BCUT2D eigenvalue weighted by Gasteiger charge is 2.10. The Hall–Kier alpha value is -2.77. The number of ether oxygens (including phenoxy) is 2. The highest BCUT2D eigenvalue weighted by Crippen LogP contribution is 2.31. The number of benzene rings is 2. The summed E-state index contributed by atoms with van der Waals surface area (Å²) in [6, 6.07) is 13.1. The van der Waals surface area contributed by atoms with E-state index in [2.05, 4.69) is 15.5 Å². The van der Waals surface area contributed by atoms with Gasteiger partial charge in [-0.15, -0.1) is 11.3 Å². The van der Waals surface area contributed by atoms with Crippen LogP contribution in [0.15, 0.2) is 52.9 Å². The lowest BCUT2D eigenvalue weighted by molar-refractivity contribution is 0.284. The summed E-state index contributed by atoms with van der Waals surface area (Å²) in [6.45, 7) is 0.359. The second-order valence-corrected chi connectivity index (χ2v) is 6.54. The molecule has 1 heterocycles. The van der Waals surface area contributed by atoms with Gasteiger partial charge in [0.2, 0.25) is 5.13 Å². The SMILES string of the molecule is COc1cccc(C=NNc2nc(N)cs2)c1OCc1cccc(Cl)c1. The van der Waals surface area contributed by atoms with Crippen molar-refractivity contribution < 1.29 is 9.47 Å². The van der Waals surface area contributed by atoms with Gasteiger partial charge in [-0.1, -0.05) is 29.8 Å². The van der Waals surface area contributed by atoms with Gasteiger partial charge in [-0.05, 0) is 29.8 Å². The molecule has 3 N–H and O–H groups in total. The second-order valence-electron chi connectivity index (χ2n) is 5.24. The molecule has 0 aliphatic heterocycles. The van der Waals surface area contributed by atoms with E-state index >= 15 is 0 Å². The lowest BCUT2D eigenvalue weighted by Crippen LogP contribution is -2.01. The summed E-state index contributed by atoms with van der Waals surface area (Å²) in [7, 11) is 1.60. The number of methoxy groups -OCH3 is 1. The molecule has 0 fully saturated rings. The highest BCUT2D eigenvalue weighted by atomic mass is 35.5. The maximum atomic E-state index is 6.02. The Morgan fingerprint density at radius 1 is 1.31 bits per heavy atom. The van der Waals surface area contributed by atoms with Crippen LogP contribution in [0.1, 0.15) is 11.1 Å². The molecule has 0 amide bonds. The molecule has 0 unspecified atom stereocenters. The molecule has 134 valence electrons. The average molecular weight is 389 g/mol. The molecule has 0 saturated heterocycles. The zero-order valence-electron chi connectivity index (χ0n) is 14.0. The van der Waals surface area contributed by atoms with Crippen LogP contribution in [0.5, 0.6) is 11.5 Å². The summed E-state index contributed by atoms with van der Waals surface area (Å²) < 4.78 is 11.4. The number of halogens is 1. The molecule has 26 heavy (non-hydrogen) atoms. The predicted octanol–water partition coefficient (Wildman–Crippen LogP) is 4.41. The van der Waals surface area contributed by atoms with Crippen molar-refractivity contribution in [2.24, 2.45) is 5.10 Å². The number of thiazole rings is 1. The number of nitrogens with zero attached hydrogens (tertiary/aromatic N) is 2. The van der Waals surface area contributed by atoms with Gasteiger partial charge >= 0.3 is 0 Å². The first-order valence-electron chi connectivity index (χ1n) is 7.70. The number of para-hydroxylation sites is 1. The van der Waals surface area contributed by atoms with Crippen molar-refractivity contribution in [2.45, 2.75) is 6.61 Å². The lowest BCUT2D eigenvalue weighted by atomic mass is 10.2. The highest BCUT2D eigenvalue weighted by molar-refractivity contribution is 7.14. The monoisotopic (exact) mass is 388 g/mol. The van der Waals surface area contributed by atoms with Gasteiger partial charge in [0.15, 0.2) is 11.5 Å². The van der Waals surface area contributed by atoms with Crippen LogP contribution < -0.4 is 20.6 Å². The van der Waals surface area contributed by atoms with Crippen molar-refractivity contribution in [3.05, 3.63) is 64.0 Å². The third kappa shape index (κ3) is 4.65. The number of anilines is 2. The summed E-state index contributed by atoms with van der Waals surface area (Å²) >= 11 is 7.40. The van der Waals surface area contributed by atoms with Crippen LogP contribution in [-0.4, -0.2) is 18.3 Å². The van der Waals surface area contributed by atoms with E-state index in [0.717, 1.165) is 11.1 Å². The Kier molecular flexibility index (Phi) is 5.93. The largest absolute Gasteiger partial charge is 0.493 e. The number of nitrogens with two attached hydrogens (primary N) is 1. The van der Waals surface area contributed by atoms with Crippen LogP contribution in [-0.2, 0) is 6.61 Å². The number of hydrazone groups is 1. The Morgan fingerprint density at radius 3 is 2.88 bits per heavy atom. The zero-order chi connectivity index (χ0) is 18.4. The molecular formula is C18H17ClN4O2S. The summed E-state index contributed by atoms with van der Waals surface area (Å²) in [5.41, 5.74) is 10.2. The van der Waals surface area contributed by atoms with Gasteiger partial charge in [-0.2, -0.15) is 5.10 Å². The molecule has 6 nitrogen and oxygen atoms in total. The molecule has 0 saturated carbocycles. The van der Waals surface area contributed by atoms with E-state index in [4.69, 9.17) is 26.8 Å². The summed E-state index contributed by atoms with van der Waals surface area (Å²) in [6.07, 6.45) is 1.65. The van der Waals surface area contributed by atoms with E-state index in [1.807, 2.05) is 42.5 Å². The fourth-order valence-corrected chi connectivity index (χ4v) is 2.99. The number of hydrogen-bond acceptors (Lipinski definition) is 7. The van der Waals surface area contributed by atoms with Crippen molar-refractivity contribution in [3.8, 4) is 11.5 Å². The van der Waals surface area contributed by atoms with Gasteiger partial charge in [-0.3, -0.25) is 5.43 Å². The molecule has 8 heteroatoms. The Labute approximate surface area is 160 Å². The third-order valence-corrected chi connectivity index (χ3v) is 4.39. The van der Waals surface area contributed by atoms with Gasteiger partial charge in [0, 0.05) is 16.0 Å². The lowest BCUT2D eigenvalue weighted by Gasteiger charge is -2.13. The van der Waals surface area contributed by atoms with Gasteiger partial charge in [0.1, 0.15) is 12.4 Å². The fourth-order valence-electron chi connectivity index (χ4n) is 2.23. The minimum Gasteiger partial charge on any atom is -0.493 e. The van der Waals surface area contributed by atoms with E-state index in [1.54, 1.807) is 18.7 Å². The number of nitrogen functional groups attached to an aromatic ring is 1. The first kappa shape index (κ1) is 18.0. The van der Waals surface area contributed by atoms with Crippen LogP contribution >= 0.6 is 22.9 Å². The first-order chi connectivity index (χ1) is 12.7. The van der Waals surface area contributed by atoms with Crippen LogP contribution in [0.2, 0.25) is 5.02 Å². The Morgan fingerprint density at radius 2 is 2.15 bits per heavy atom. The minimum absolute atomic E-state index is 0.359. The van der Waals surface area contributed by atoms with Gasteiger partial charge < -0.3 is 15.2 Å². The third-order valence-electron chi connectivity index (χ3n) is 3.39. The van der Waals surface area contributed by atoms with Gasteiger partial charge in [0.05, 0.1) is 13.3 Å². The molecular weight excluding hydrogens is 372 g/mol. The van der Waals surface area contributed by atoms with E-state index in [-0.39, 0.29) is 0 Å². The van der Waals surface area contributed by atoms with E-state index in [9.17, 15) is 0 Å². The quantitative estimate of drug-likeness (QED) is 0.462. The van der Waals surface area contributed by atoms with Crippen molar-refractivity contribution in [3.63, 3.8) is 0 Å². The number of nitrogens with one attached hydrogen (secondary N) is 1. The molecule has 0 spiro atoms. The van der Waals surface area contributed by atoms with Crippen LogP contribution in [0.25, 0.3) is 0 Å². The molecule has 0 radical (unpaired) electrons. The zero-order valence-corrected chi connectivity index (χ0v) is 15.6. The van der Waals surface area contributed by atoms with Crippen molar-refractivity contribution in [1.29, 1.82) is 0 Å². The topological polar surface area (TPSA) is 81.8 Å². The smallest absolute Gasteiger partial charge is 0.205 e. The fraction of sp³-hybridized carbons (Fsp3) is 0.111. The maximum Gasteiger partial charge on any atom is 0.205 e. The predicted molar refractivity (Wildman–Crippen MR) is 107 cm³/mol. The molecule has 3 aromatic rings. The van der Waals surface area contributed by atoms with Crippen molar-refractivity contribution in [1.82, 2.24) is 4.98 Å². The van der Waals surface area contributed by atoms with E-state index in [1.165, 1.54) is 11.3 Å². The number of rotatable bonds is 7. The van der Waals surface area contributed by atoms with Gasteiger partial charge in [-0.25, -0.2) is 4.98 Å². The molecule has 0 bridgehead atoms. The molecule has 2 aromatic carbocycles. The van der Waals surface area contributed by atoms with Crippen LogP contribution in [0.4, 0.5) is 10.9 Å². The van der Waals surface area contributed by atoms with Crippen LogP contribution in [0.3, 0.4) is 0 Å². The first-order valence-corrected chi connectivity index (χ1v) is 8.96. The maximum absolute atomic E-state index is 6.02. The summed E-state index contributed by atoms with van der Waals surface area (Å²) in [5.74, 6) is 1.67. The van der Waals surface area contributed by atoms with E-state index in [0.29, 0.717) is 34.1 Å². The number of hydrogen-bond donors (Lipinski definition) is 2. The molecule has 1 aromatic heterocycles. The van der Waals surface area contributed by atoms with Crippen LogP contribution in [0, 0.1) is 0 Å². The average Bonchev–Trinajstić information content (AvgIpc) is 3.05. The van der Waals surface area contributed by atoms with Crippen molar-refractivity contribution in [2.75, 3.05) is 18.3 Å².